The SMILES string of the molecule is O=C(CC1CCOCC1)C1CCSC1. The fourth-order valence-corrected chi connectivity index (χ4v) is 3.45. The third-order valence-electron chi connectivity index (χ3n) is 3.22. The summed E-state index contributed by atoms with van der Waals surface area (Å²) in [6.07, 6.45) is 4.11. The number of carbonyl (C=O) groups is 1. The van der Waals surface area contributed by atoms with E-state index in [-0.39, 0.29) is 0 Å². The predicted molar refractivity (Wildman–Crippen MR) is 58.6 cm³/mol. The molecule has 80 valence electrons. The van der Waals surface area contributed by atoms with Gasteiger partial charge in [-0.15, -0.1) is 0 Å². The number of hydrogen-bond acceptors (Lipinski definition) is 3. The van der Waals surface area contributed by atoms with Gasteiger partial charge in [-0.2, -0.15) is 11.8 Å². The molecule has 0 N–H and O–H groups in total. The maximum atomic E-state index is 11.9. The van der Waals surface area contributed by atoms with Gasteiger partial charge in [0.25, 0.3) is 0 Å². The normalized spacial score (nSPS) is 29.3. The lowest BCUT2D eigenvalue weighted by Gasteiger charge is -2.22. The highest BCUT2D eigenvalue weighted by atomic mass is 32.2. The van der Waals surface area contributed by atoms with Crippen LogP contribution in [0.15, 0.2) is 0 Å². The first kappa shape index (κ1) is 10.5. The largest absolute Gasteiger partial charge is 0.381 e. The molecule has 0 aliphatic carbocycles. The Hall–Kier alpha value is -0.0200. The van der Waals surface area contributed by atoms with E-state index >= 15 is 0 Å². The molecule has 2 rings (SSSR count). The van der Waals surface area contributed by atoms with Crippen molar-refractivity contribution in [1.29, 1.82) is 0 Å². The summed E-state index contributed by atoms with van der Waals surface area (Å²) in [4.78, 5) is 11.9. The average molecular weight is 214 g/mol. The van der Waals surface area contributed by atoms with Gasteiger partial charge in [-0.1, -0.05) is 0 Å². The van der Waals surface area contributed by atoms with Gasteiger partial charge in [0, 0.05) is 31.3 Å². The first-order valence-corrected chi connectivity index (χ1v) is 6.70. The van der Waals surface area contributed by atoms with Gasteiger partial charge in [0.15, 0.2) is 0 Å². The van der Waals surface area contributed by atoms with E-state index in [0.29, 0.717) is 17.6 Å². The lowest BCUT2D eigenvalue weighted by molar-refractivity contribution is -0.123. The van der Waals surface area contributed by atoms with Crippen molar-refractivity contribution < 1.29 is 9.53 Å². The summed E-state index contributed by atoms with van der Waals surface area (Å²) in [5.41, 5.74) is 0. The number of carbonyl (C=O) groups excluding carboxylic acids is 1. The Balaban J connectivity index is 1.75. The van der Waals surface area contributed by atoms with Crippen molar-refractivity contribution in [1.82, 2.24) is 0 Å². The van der Waals surface area contributed by atoms with Crippen LogP contribution in [0.1, 0.15) is 25.7 Å². The average Bonchev–Trinajstić information content (AvgIpc) is 2.72. The number of ketones is 1. The highest BCUT2D eigenvalue weighted by molar-refractivity contribution is 7.99. The van der Waals surface area contributed by atoms with Crippen molar-refractivity contribution in [2.75, 3.05) is 24.7 Å². The molecule has 0 amide bonds. The van der Waals surface area contributed by atoms with Crippen LogP contribution >= 0.6 is 11.8 Å². The molecule has 2 aliphatic rings. The van der Waals surface area contributed by atoms with Crippen LogP contribution in [-0.2, 0) is 9.53 Å². The van der Waals surface area contributed by atoms with Crippen molar-refractivity contribution in [2.45, 2.75) is 25.7 Å². The zero-order chi connectivity index (χ0) is 9.80. The Morgan fingerprint density at radius 3 is 2.71 bits per heavy atom. The van der Waals surface area contributed by atoms with Crippen LogP contribution in [0.2, 0.25) is 0 Å². The van der Waals surface area contributed by atoms with E-state index in [0.717, 1.165) is 44.6 Å². The van der Waals surface area contributed by atoms with Crippen LogP contribution in [0.4, 0.5) is 0 Å². The molecule has 2 aliphatic heterocycles. The van der Waals surface area contributed by atoms with E-state index in [9.17, 15) is 4.79 Å². The Kier molecular flexibility index (Phi) is 3.88. The minimum atomic E-state index is 0.378. The number of Topliss-reactive ketones (excluding diaryl/α,β-unsaturated/α-hetero) is 1. The summed E-state index contributed by atoms with van der Waals surface area (Å²) in [6.45, 7) is 1.72. The van der Waals surface area contributed by atoms with E-state index < -0.39 is 0 Å². The molecule has 0 radical (unpaired) electrons. The molecule has 2 saturated heterocycles. The Morgan fingerprint density at radius 2 is 2.07 bits per heavy atom. The summed E-state index contributed by atoms with van der Waals surface area (Å²) in [5.74, 6) is 3.76. The van der Waals surface area contributed by atoms with Crippen LogP contribution in [-0.4, -0.2) is 30.5 Å². The highest BCUT2D eigenvalue weighted by Crippen LogP contribution is 2.28. The molecule has 0 saturated carbocycles. The molecule has 2 heterocycles. The Bertz CT molecular complexity index is 193. The summed E-state index contributed by atoms with van der Waals surface area (Å²) >= 11 is 1.93. The maximum Gasteiger partial charge on any atom is 0.137 e. The van der Waals surface area contributed by atoms with Gasteiger partial charge in [-0.3, -0.25) is 4.79 Å². The standard InChI is InChI=1S/C11H18O2S/c12-11(10-3-6-14-8-10)7-9-1-4-13-5-2-9/h9-10H,1-8H2. The van der Waals surface area contributed by atoms with Crippen LogP contribution in [0.25, 0.3) is 0 Å². The molecule has 2 nitrogen and oxygen atoms in total. The van der Waals surface area contributed by atoms with Gasteiger partial charge < -0.3 is 4.74 Å². The highest BCUT2D eigenvalue weighted by Gasteiger charge is 2.26. The molecule has 0 bridgehead atoms. The van der Waals surface area contributed by atoms with Gasteiger partial charge in [0.2, 0.25) is 0 Å². The van der Waals surface area contributed by atoms with Gasteiger partial charge in [0.05, 0.1) is 0 Å². The summed E-state index contributed by atoms with van der Waals surface area (Å²) in [5, 5.41) is 0. The summed E-state index contributed by atoms with van der Waals surface area (Å²) < 4.78 is 5.29. The molecule has 0 aromatic heterocycles. The quantitative estimate of drug-likeness (QED) is 0.720. The Labute approximate surface area is 89.8 Å². The van der Waals surface area contributed by atoms with Crippen LogP contribution in [0.5, 0.6) is 0 Å². The molecule has 0 aromatic carbocycles. The third kappa shape index (κ3) is 2.74. The molecule has 1 atom stereocenters. The number of rotatable bonds is 3. The van der Waals surface area contributed by atoms with Crippen molar-refractivity contribution >= 4 is 17.5 Å². The fourth-order valence-electron chi connectivity index (χ4n) is 2.19. The smallest absolute Gasteiger partial charge is 0.137 e. The monoisotopic (exact) mass is 214 g/mol. The number of thioether (sulfide) groups is 1. The molecule has 14 heavy (non-hydrogen) atoms. The fraction of sp³-hybridized carbons (Fsp3) is 0.909. The van der Waals surface area contributed by atoms with E-state index in [1.165, 1.54) is 5.75 Å². The predicted octanol–water partition coefficient (Wildman–Crippen LogP) is 2.13. The minimum Gasteiger partial charge on any atom is -0.381 e. The topological polar surface area (TPSA) is 26.3 Å². The zero-order valence-corrected chi connectivity index (χ0v) is 9.35. The number of hydrogen-bond donors (Lipinski definition) is 0. The number of ether oxygens (including phenoxy) is 1. The second kappa shape index (κ2) is 5.17. The van der Waals surface area contributed by atoms with Gasteiger partial charge in [-0.05, 0) is 30.9 Å². The van der Waals surface area contributed by atoms with E-state index in [2.05, 4.69) is 0 Å². The minimum absolute atomic E-state index is 0.378. The van der Waals surface area contributed by atoms with Crippen molar-refractivity contribution in [3.63, 3.8) is 0 Å². The lowest BCUT2D eigenvalue weighted by Crippen LogP contribution is -2.22. The van der Waals surface area contributed by atoms with Crippen LogP contribution < -0.4 is 0 Å². The third-order valence-corrected chi connectivity index (χ3v) is 4.38. The molecule has 1 unspecified atom stereocenters. The molecule has 0 spiro atoms. The molecule has 0 aromatic rings. The van der Waals surface area contributed by atoms with E-state index in [4.69, 9.17) is 4.74 Å². The van der Waals surface area contributed by atoms with Gasteiger partial charge in [-0.25, -0.2) is 0 Å². The Morgan fingerprint density at radius 1 is 1.29 bits per heavy atom. The van der Waals surface area contributed by atoms with Gasteiger partial charge >= 0.3 is 0 Å². The maximum absolute atomic E-state index is 11.9. The molecular weight excluding hydrogens is 196 g/mol. The molecule has 3 heteroatoms. The second-order valence-electron chi connectivity index (χ2n) is 4.29. The molecule has 2 fully saturated rings. The zero-order valence-electron chi connectivity index (χ0n) is 8.54. The van der Waals surface area contributed by atoms with Gasteiger partial charge in [0.1, 0.15) is 5.78 Å². The second-order valence-corrected chi connectivity index (χ2v) is 5.44. The van der Waals surface area contributed by atoms with Crippen LogP contribution in [0, 0.1) is 11.8 Å². The summed E-state index contributed by atoms with van der Waals surface area (Å²) in [6, 6.07) is 0. The molecular formula is C11H18O2S. The van der Waals surface area contributed by atoms with Crippen molar-refractivity contribution in [3.8, 4) is 0 Å². The first-order chi connectivity index (χ1) is 6.86. The lowest BCUT2D eigenvalue weighted by atomic mass is 9.89. The van der Waals surface area contributed by atoms with E-state index in [1.807, 2.05) is 11.8 Å². The van der Waals surface area contributed by atoms with E-state index in [1.54, 1.807) is 0 Å². The van der Waals surface area contributed by atoms with Crippen molar-refractivity contribution in [3.05, 3.63) is 0 Å². The van der Waals surface area contributed by atoms with Crippen LogP contribution in [0.3, 0.4) is 0 Å². The summed E-state index contributed by atoms with van der Waals surface area (Å²) in [7, 11) is 0. The van der Waals surface area contributed by atoms with Crippen molar-refractivity contribution in [2.24, 2.45) is 11.8 Å². The first-order valence-electron chi connectivity index (χ1n) is 5.54.